The third-order valence-electron chi connectivity index (χ3n) is 2.90. The van der Waals surface area contributed by atoms with Crippen molar-refractivity contribution in [2.45, 2.75) is 15.0 Å². The van der Waals surface area contributed by atoms with Gasteiger partial charge in [0.2, 0.25) is 0 Å². The van der Waals surface area contributed by atoms with Gasteiger partial charge in [0.15, 0.2) is 15.4 Å². The number of aromatic nitrogens is 1. The van der Waals surface area contributed by atoms with Gasteiger partial charge in [-0.2, -0.15) is 0 Å². The lowest BCUT2D eigenvalue weighted by Gasteiger charge is -2.07. The molecule has 0 atom stereocenters. The monoisotopic (exact) mass is 320 g/mol. The van der Waals surface area contributed by atoms with E-state index in [0.717, 1.165) is 11.8 Å². The number of fused-ring (bicyclic) bond motifs is 1. The van der Waals surface area contributed by atoms with Gasteiger partial charge in [-0.05, 0) is 36.0 Å². The van der Waals surface area contributed by atoms with Crippen LogP contribution in [-0.4, -0.2) is 19.7 Å². The van der Waals surface area contributed by atoms with Gasteiger partial charge in [-0.1, -0.05) is 18.2 Å². The molecule has 1 aromatic heterocycles. The van der Waals surface area contributed by atoms with E-state index in [1.807, 2.05) is 24.3 Å². The summed E-state index contributed by atoms with van der Waals surface area (Å²) in [6, 6.07) is 12.3. The standard InChI is InChI=1S/C14H12N2O3S2/c1-21(17,18)12-8-4-7-11(13(12)15)20-14-16-9-5-2-3-6-10(9)19-14/h2-8H,15H2,1H3. The van der Waals surface area contributed by atoms with Gasteiger partial charge < -0.3 is 10.2 Å². The Kier molecular flexibility index (Phi) is 3.38. The number of para-hydroxylation sites is 3. The average molecular weight is 320 g/mol. The Bertz CT molecular complexity index is 884. The van der Waals surface area contributed by atoms with E-state index in [-0.39, 0.29) is 10.6 Å². The molecule has 0 amide bonds. The molecule has 2 aromatic carbocycles. The zero-order valence-electron chi connectivity index (χ0n) is 11.1. The highest BCUT2D eigenvalue weighted by molar-refractivity contribution is 7.99. The SMILES string of the molecule is CS(=O)(=O)c1cccc(Sc2nc3ccccc3o2)c1N. The number of hydrogen-bond donors (Lipinski definition) is 1. The fourth-order valence-electron chi connectivity index (χ4n) is 1.93. The lowest BCUT2D eigenvalue weighted by molar-refractivity contribution is 0.489. The van der Waals surface area contributed by atoms with Crippen LogP contribution in [0.3, 0.4) is 0 Å². The molecule has 108 valence electrons. The Morgan fingerprint density at radius 1 is 1.14 bits per heavy atom. The molecule has 21 heavy (non-hydrogen) atoms. The molecule has 2 N–H and O–H groups in total. The van der Waals surface area contributed by atoms with Crippen LogP contribution in [0.15, 0.2) is 61.9 Å². The summed E-state index contributed by atoms with van der Waals surface area (Å²) in [4.78, 5) is 5.05. The van der Waals surface area contributed by atoms with Crippen molar-refractivity contribution < 1.29 is 12.8 Å². The van der Waals surface area contributed by atoms with E-state index in [1.54, 1.807) is 12.1 Å². The van der Waals surface area contributed by atoms with E-state index < -0.39 is 9.84 Å². The molecule has 0 spiro atoms. The molecule has 0 aliphatic rings. The molecule has 3 rings (SSSR count). The molecule has 7 heteroatoms. The Morgan fingerprint density at radius 2 is 1.90 bits per heavy atom. The Morgan fingerprint density at radius 3 is 2.62 bits per heavy atom. The lowest BCUT2D eigenvalue weighted by Crippen LogP contribution is -2.03. The molecule has 0 unspecified atom stereocenters. The number of benzene rings is 2. The van der Waals surface area contributed by atoms with Crippen LogP contribution in [0.1, 0.15) is 0 Å². The molecule has 5 nitrogen and oxygen atoms in total. The highest BCUT2D eigenvalue weighted by Crippen LogP contribution is 2.36. The van der Waals surface area contributed by atoms with Gasteiger partial charge >= 0.3 is 0 Å². The maximum atomic E-state index is 11.7. The maximum absolute atomic E-state index is 11.7. The van der Waals surface area contributed by atoms with E-state index >= 15 is 0 Å². The molecule has 1 heterocycles. The van der Waals surface area contributed by atoms with Gasteiger partial charge in [-0.3, -0.25) is 0 Å². The van der Waals surface area contributed by atoms with Crippen molar-refractivity contribution in [1.82, 2.24) is 4.98 Å². The largest absolute Gasteiger partial charge is 0.431 e. The van der Waals surface area contributed by atoms with Crippen molar-refractivity contribution in [3.8, 4) is 0 Å². The third kappa shape index (κ3) is 2.74. The van der Waals surface area contributed by atoms with E-state index in [4.69, 9.17) is 10.2 Å². The molecule has 0 saturated carbocycles. The van der Waals surface area contributed by atoms with Crippen molar-refractivity contribution in [3.05, 3.63) is 42.5 Å². The van der Waals surface area contributed by atoms with Crippen LogP contribution in [0.25, 0.3) is 11.1 Å². The highest BCUT2D eigenvalue weighted by atomic mass is 32.2. The minimum Gasteiger partial charge on any atom is -0.431 e. The van der Waals surface area contributed by atoms with E-state index in [2.05, 4.69) is 4.98 Å². The van der Waals surface area contributed by atoms with Crippen LogP contribution in [-0.2, 0) is 9.84 Å². The minimum atomic E-state index is -3.36. The fourth-order valence-corrected chi connectivity index (χ4v) is 3.65. The summed E-state index contributed by atoms with van der Waals surface area (Å²) in [7, 11) is -3.36. The summed E-state index contributed by atoms with van der Waals surface area (Å²) in [5, 5.41) is 0.425. The molecule has 3 aromatic rings. The van der Waals surface area contributed by atoms with Crippen LogP contribution in [0.5, 0.6) is 0 Å². The number of nitrogens with zero attached hydrogens (tertiary/aromatic N) is 1. The van der Waals surface area contributed by atoms with Gasteiger partial charge in [0, 0.05) is 11.2 Å². The summed E-state index contributed by atoms with van der Waals surface area (Å²) >= 11 is 1.20. The first-order chi connectivity index (χ1) is 9.95. The van der Waals surface area contributed by atoms with Crippen molar-refractivity contribution in [2.24, 2.45) is 0 Å². The topological polar surface area (TPSA) is 86.2 Å². The summed E-state index contributed by atoms with van der Waals surface area (Å²) in [5.41, 5.74) is 7.58. The van der Waals surface area contributed by atoms with Crippen LogP contribution >= 0.6 is 11.8 Å². The van der Waals surface area contributed by atoms with Gasteiger partial charge in [-0.15, -0.1) is 0 Å². The molecule has 0 bridgehead atoms. The number of sulfone groups is 1. The van der Waals surface area contributed by atoms with Crippen molar-refractivity contribution in [1.29, 1.82) is 0 Å². The summed E-state index contributed by atoms with van der Waals surface area (Å²) in [6.07, 6.45) is 1.13. The number of nitrogen functional groups attached to an aromatic ring is 1. The molecular formula is C14H12N2O3S2. The Labute approximate surface area is 126 Å². The average Bonchev–Trinajstić information content (AvgIpc) is 2.82. The van der Waals surface area contributed by atoms with Crippen LogP contribution < -0.4 is 5.73 Å². The lowest BCUT2D eigenvalue weighted by atomic mass is 10.3. The quantitative estimate of drug-likeness (QED) is 0.747. The maximum Gasteiger partial charge on any atom is 0.261 e. The summed E-state index contributed by atoms with van der Waals surface area (Å²) < 4.78 is 28.9. The van der Waals surface area contributed by atoms with Gasteiger partial charge in [0.1, 0.15) is 5.52 Å². The summed E-state index contributed by atoms with van der Waals surface area (Å²) in [5.74, 6) is 0. The van der Waals surface area contributed by atoms with Gasteiger partial charge in [-0.25, -0.2) is 13.4 Å². The third-order valence-corrected chi connectivity index (χ3v) is 4.98. The van der Waals surface area contributed by atoms with Crippen LogP contribution in [0.4, 0.5) is 5.69 Å². The molecule has 0 radical (unpaired) electrons. The molecule has 0 aliphatic carbocycles. The Hall–Kier alpha value is -1.99. The zero-order valence-corrected chi connectivity index (χ0v) is 12.7. The first-order valence-corrected chi connectivity index (χ1v) is 8.78. The predicted octanol–water partition coefficient (Wildman–Crippen LogP) is 2.96. The van der Waals surface area contributed by atoms with Gasteiger partial charge in [0.05, 0.1) is 10.6 Å². The number of rotatable bonds is 3. The van der Waals surface area contributed by atoms with Crippen LogP contribution in [0, 0.1) is 0 Å². The van der Waals surface area contributed by atoms with E-state index in [1.165, 1.54) is 17.8 Å². The number of oxazole rings is 1. The predicted molar refractivity (Wildman–Crippen MR) is 82.1 cm³/mol. The number of hydrogen-bond acceptors (Lipinski definition) is 6. The highest BCUT2D eigenvalue weighted by Gasteiger charge is 2.16. The molecular weight excluding hydrogens is 308 g/mol. The number of nitrogens with two attached hydrogens (primary N) is 1. The van der Waals surface area contributed by atoms with Gasteiger partial charge in [0.25, 0.3) is 5.22 Å². The van der Waals surface area contributed by atoms with Crippen molar-refractivity contribution in [2.75, 3.05) is 12.0 Å². The zero-order chi connectivity index (χ0) is 15.0. The fraction of sp³-hybridized carbons (Fsp3) is 0.0714. The van der Waals surface area contributed by atoms with Crippen molar-refractivity contribution >= 4 is 38.4 Å². The number of anilines is 1. The second-order valence-electron chi connectivity index (χ2n) is 4.49. The van der Waals surface area contributed by atoms with E-state index in [9.17, 15) is 8.42 Å². The minimum absolute atomic E-state index is 0.114. The molecule has 0 saturated heterocycles. The first-order valence-electron chi connectivity index (χ1n) is 6.07. The second-order valence-corrected chi connectivity index (χ2v) is 7.47. The van der Waals surface area contributed by atoms with Crippen LogP contribution in [0.2, 0.25) is 0 Å². The second kappa shape index (κ2) is 5.09. The molecule has 0 fully saturated rings. The van der Waals surface area contributed by atoms with Crippen molar-refractivity contribution in [3.63, 3.8) is 0 Å². The Balaban J connectivity index is 2.02. The first kappa shape index (κ1) is 14.0. The van der Waals surface area contributed by atoms with E-state index in [0.29, 0.717) is 15.7 Å². The summed E-state index contributed by atoms with van der Waals surface area (Å²) in [6.45, 7) is 0. The smallest absolute Gasteiger partial charge is 0.261 e. The molecule has 0 aliphatic heterocycles. The normalized spacial score (nSPS) is 11.9.